The monoisotopic (exact) mass is 412 g/mol. The van der Waals surface area contributed by atoms with E-state index in [0.717, 1.165) is 27.8 Å². The van der Waals surface area contributed by atoms with E-state index in [9.17, 15) is 4.57 Å². The zero-order valence-electron chi connectivity index (χ0n) is 16.8. The van der Waals surface area contributed by atoms with Gasteiger partial charge in [0.2, 0.25) is 0 Å². The van der Waals surface area contributed by atoms with Crippen LogP contribution in [0.1, 0.15) is 27.8 Å². The van der Waals surface area contributed by atoms with Crippen molar-refractivity contribution in [3.63, 3.8) is 0 Å². The minimum absolute atomic E-state index is 0.0784. The second-order valence-corrected chi connectivity index (χ2v) is 8.38. The van der Waals surface area contributed by atoms with Crippen molar-refractivity contribution >= 4 is 7.82 Å². The van der Waals surface area contributed by atoms with Gasteiger partial charge in [-0.15, -0.1) is 0 Å². The summed E-state index contributed by atoms with van der Waals surface area (Å²) in [5.74, 6) is 0.412. The molecule has 0 heterocycles. The van der Waals surface area contributed by atoms with Crippen molar-refractivity contribution in [1.82, 2.24) is 0 Å². The third-order valence-corrected chi connectivity index (χ3v) is 5.67. The average Bonchev–Trinajstić information content (AvgIpc) is 2.72. The van der Waals surface area contributed by atoms with Gasteiger partial charge in [-0.2, -0.15) is 0 Å². The summed E-state index contributed by atoms with van der Waals surface area (Å²) < 4.78 is 29.6. The van der Waals surface area contributed by atoms with Gasteiger partial charge in [0, 0.05) is 0 Å². The topological polar surface area (TPSA) is 54.0 Å². The van der Waals surface area contributed by atoms with Gasteiger partial charge in [0.25, 0.3) is 0 Å². The van der Waals surface area contributed by atoms with Gasteiger partial charge in [0.1, 0.15) is 0 Å². The molecule has 0 aliphatic rings. The van der Waals surface area contributed by atoms with E-state index in [2.05, 4.69) is 0 Å². The maximum absolute atomic E-state index is 13.2. The minimum atomic E-state index is -3.99. The smallest absolute Gasteiger partial charge is 0.327 e. The van der Waals surface area contributed by atoms with Gasteiger partial charge in [-0.25, -0.2) is 4.57 Å². The molecule has 0 atom stereocenters. The zero-order chi connectivity index (χ0) is 20.7. The van der Waals surface area contributed by atoms with Crippen LogP contribution >= 0.6 is 7.82 Å². The molecule has 0 spiro atoms. The summed E-state index contributed by atoms with van der Waals surface area (Å²) in [5, 5.41) is 0. The summed E-state index contributed by atoms with van der Waals surface area (Å²) in [7, 11) is -3.99. The third kappa shape index (κ3) is 6.28. The van der Waals surface area contributed by atoms with Gasteiger partial charge in [-0.3, -0.25) is 9.05 Å². The Hall–Kier alpha value is -2.43. The largest absolute Gasteiger partial charge is 0.511 e. The first-order chi connectivity index (χ1) is 14.0. The molecule has 0 saturated heterocycles. The van der Waals surface area contributed by atoms with Crippen LogP contribution in [0.2, 0.25) is 0 Å². The first-order valence-electron chi connectivity index (χ1n) is 9.36. The number of hydrogen-bond donors (Lipinski definition) is 0. The van der Waals surface area contributed by atoms with Crippen molar-refractivity contribution in [3.8, 4) is 5.75 Å². The molecule has 152 valence electrons. The van der Waals surface area contributed by atoms with Crippen LogP contribution < -0.4 is 4.89 Å². The Bertz CT molecular complexity index is 931. The summed E-state index contributed by atoms with van der Waals surface area (Å²) in [6.07, 6.45) is 0. The molecule has 3 aromatic rings. The van der Waals surface area contributed by atoms with Gasteiger partial charge in [0.15, 0.2) is 5.75 Å². The normalized spacial score (nSPS) is 11.4. The summed E-state index contributed by atoms with van der Waals surface area (Å²) in [5.41, 5.74) is 4.92. The van der Waals surface area contributed by atoms with Crippen molar-refractivity contribution in [2.75, 3.05) is 0 Å². The summed E-state index contributed by atoms with van der Waals surface area (Å²) in [6.45, 7) is 6.04. The fourth-order valence-corrected chi connectivity index (χ4v) is 3.54. The standard InChI is InChI=1S/C23H25O5P/c1-18-12-14-23(15-13-18)27-28-29(24,25-16-21-10-6-4-8-19(21)2)26-17-22-11-7-5-9-20(22)3/h4-15H,16-17H2,1-3H3. The lowest BCUT2D eigenvalue weighted by atomic mass is 10.1. The van der Waals surface area contributed by atoms with E-state index in [1.54, 1.807) is 12.1 Å². The van der Waals surface area contributed by atoms with Crippen molar-refractivity contribution in [2.24, 2.45) is 0 Å². The van der Waals surface area contributed by atoms with Gasteiger partial charge in [-0.05, 0) is 55.2 Å². The molecule has 0 amide bonds. The Morgan fingerprint density at radius 3 is 1.66 bits per heavy atom. The van der Waals surface area contributed by atoms with Crippen LogP contribution in [0.4, 0.5) is 0 Å². The molecule has 0 aliphatic carbocycles. The predicted molar refractivity (Wildman–Crippen MR) is 112 cm³/mol. The van der Waals surface area contributed by atoms with E-state index < -0.39 is 7.82 Å². The van der Waals surface area contributed by atoms with E-state index in [1.165, 1.54) is 0 Å². The van der Waals surface area contributed by atoms with E-state index >= 15 is 0 Å². The molecule has 0 saturated carbocycles. The second-order valence-electron chi connectivity index (χ2n) is 6.82. The minimum Gasteiger partial charge on any atom is -0.327 e. The van der Waals surface area contributed by atoms with Gasteiger partial charge >= 0.3 is 7.82 Å². The highest BCUT2D eigenvalue weighted by molar-refractivity contribution is 7.48. The molecular weight excluding hydrogens is 387 g/mol. The van der Waals surface area contributed by atoms with Crippen LogP contribution in [-0.4, -0.2) is 0 Å². The summed E-state index contributed by atoms with van der Waals surface area (Å²) in [4.78, 5) is 5.25. The van der Waals surface area contributed by atoms with E-state index in [-0.39, 0.29) is 13.2 Å². The third-order valence-electron chi connectivity index (χ3n) is 4.52. The highest BCUT2D eigenvalue weighted by Gasteiger charge is 2.30. The predicted octanol–water partition coefficient (Wildman–Crippen LogP) is 6.46. The average molecular weight is 412 g/mol. The molecule has 0 aromatic heterocycles. The van der Waals surface area contributed by atoms with E-state index in [0.29, 0.717) is 5.75 Å². The number of aryl methyl sites for hydroxylation is 3. The maximum Gasteiger partial charge on any atom is 0.511 e. The first-order valence-corrected chi connectivity index (χ1v) is 10.8. The molecule has 29 heavy (non-hydrogen) atoms. The molecule has 3 aromatic carbocycles. The molecule has 0 unspecified atom stereocenters. The number of benzene rings is 3. The molecule has 3 rings (SSSR count). The number of rotatable bonds is 9. The van der Waals surface area contributed by atoms with Crippen molar-refractivity contribution in [1.29, 1.82) is 0 Å². The van der Waals surface area contributed by atoms with Gasteiger partial charge in [-0.1, -0.05) is 70.9 Å². The fourth-order valence-electron chi connectivity index (χ4n) is 2.60. The second kappa shape index (κ2) is 9.86. The van der Waals surface area contributed by atoms with E-state index in [1.807, 2.05) is 81.4 Å². The fraction of sp³-hybridized carbons (Fsp3) is 0.217. The molecule has 0 fully saturated rings. The van der Waals surface area contributed by atoms with Crippen LogP contribution in [-0.2, 0) is 31.5 Å². The molecule has 0 radical (unpaired) electrons. The molecule has 5 nitrogen and oxygen atoms in total. The van der Waals surface area contributed by atoms with Crippen molar-refractivity contribution in [3.05, 3.63) is 101 Å². The molecule has 0 aliphatic heterocycles. The van der Waals surface area contributed by atoms with Gasteiger partial charge < -0.3 is 4.89 Å². The molecule has 0 bridgehead atoms. The SMILES string of the molecule is Cc1ccc(OOP(=O)(OCc2ccccc2C)OCc2ccccc2C)cc1. The van der Waals surface area contributed by atoms with E-state index in [4.69, 9.17) is 18.6 Å². The van der Waals surface area contributed by atoms with Crippen molar-refractivity contribution in [2.45, 2.75) is 34.0 Å². The number of phosphoric acid groups is 1. The van der Waals surface area contributed by atoms with Gasteiger partial charge in [0.05, 0.1) is 13.2 Å². The Kier molecular flexibility index (Phi) is 7.24. The number of phosphoric ester groups is 1. The highest BCUT2D eigenvalue weighted by atomic mass is 31.2. The zero-order valence-corrected chi connectivity index (χ0v) is 17.7. The first kappa shape index (κ1) is 21.3. The lowest BCUT2D eigenvalue weighted by Gasteiger charge is -2.18. The van der Waals surface area contributed by atoms with Crippen molar-refractivity contribution < 1.29 is 23.2 Å². The highest BCUT2D eigenvalue weighted by Crippen LogP contribution is 2.51. The number of hydrogen-bond acceptors (Lipinski definition) is 5. The lowest BCUT2D eigenvalue weighted by Crippen LogP contribution is -2.05. The Morgan fingerprint density at radius 2 is 1.17 bits per heavy atom. The van der Waals surface area contributed by atoms with Crippen LogP contribution in [0, 0.1) is 20.8 Å². The quantitative estimate of drug-likeness (QED) is 0.229. The summed E-state index contributed by atoms with van der Waals surface area (Å²) >= 11 is 0. The Balaban J connectivity index is 1.71. The lowest BCUT2D eigenvalue weighted by molar-refractivity contribution is -0.134. The molecule has 0 N–H and O–H groups in total. The molecule has 6 heteroatoms. The van der Waals surface area contributed by atoms with Crippen LogP contribution in [0.25, 0.3) is 0 Å². The maximum atomic E-state index is 13.2. The Labute approximate surface area is 171 Å². The van der Waals surface area contributed by atoms with Crippen LogP contribution in [0.15, 0.2) is 72.8 Å². The molecular formula is C23H25O5P. The Morgan fingerprint density at radius 1 is 0.690 bits per heavy atom. The van der Waals surface area contributed by atoms with Crippen LogP contribution in [0.3, 0.4) is 0 Å². The summed E-state index contributed by atoms with van der Waals surface area (Å²) in [6, 6.07) is 22.6. The van der Waals surface area contributed by atoms with Crippen LogP contribution in [0.5, 0.6) is 5.75 Å².